The number of nitrogens with zero attached hydrogens (tertiary/aromatic N) is 3. The van der Waals surface area contributed by atoms with Crippen LogP contribution in [-0.2, 0) is 20.2 Å². The number of ether oxygens (including phenoxy) is 2. The molecule has 1 fully saturated rings. The maximum Gasteiger partial charge on any atom is 0.246 e. The molecule has 0 radical (unpaired) electrons. The van der Waals surface area contributed by atoms with Crippen molar-refractivity contribution < 1.29 is 22.7 Å². The summed E-state index contributed by atoms with van der Waals surface area (Å²) in [6.45, 7) is 8.03. The van der Waals surface area contributed by atoms with Gasteiger partial charge in [-0.1, -0.05) is 26.0 Å². The van der Waals surface area contributed by atoms with Gasteiger partial charge in [-0.3, -0.25) is 14.7 Å². The number of ketones is 1. The molecular formula is C28H34N4O5S. The largest absolute Gasteiger partial charge is 0.491 e. The van der Waals surface area contributed by atoms with Gasteiger partial charge in [0.05, 0.1) is 18.8 Å². The Bertz CT molecular complexity index is 1530. The minimum atomic E-state index is -3.88. The van der Waals surface area contributed by atoms with Crippen molar-refractivity contribution in [2.24, 2.45) is 4.99 Å². The fourth-order valence-electron chi connectivity index (χ4n) is 5.30. The monoisotopic (exact) mass is 538 g/mol. The van der Waals surface area contributed by atoms with E-state index in [1.54, 1.807) is 19.3 Å². The van der Waals surface area contributed by atoms with Crippen molar-refractivity contribution in [2.75, 3.05) is 60.6 Å². The van der Waals surface area contributed by atoms with Crippen molar-refractivity contribution in [1.82, 2.24) is 14.2 Å². The Balaban J connectivity index is 1.61. The van der Waals surface area contributed by atoms with Gasteiger partial charge in [-0.05, 0) is 29.3 Å². The van der Waals surface area contributed by atoms with Crippen LogP contribution in [0.25, 0.3) is 10.9 Å². The first-order valence-electron chi connectivity index (χ1n) is 12.7. The molecule has 38 heavy (non-hydrogen) atoms. The van der Waals surface area contributed by atoms with Crippen LogP contribution in [0.2, 0.25) is 0 Å². The lowest BCUT2D eigenvalue weighted by Gasteiger charge is -2.33. The van der Waals surface area contributed by atoms with Crippen molar-refractivity contribution in [3.05, 3.63) is 58.3 Å². The lowest BCUT2D eigenvalue weighted by atomic mass is 9.71. The summed E-state index contributed by atoms with van der Waals surface area (Å²) in [6, 6.07) is 9.05. The van der Waals surface area contributed by atoms with Crippen molar-refractivity contribution in [2.45, 2.75) is 24.2 Å². The fraction of sp³-hybridized carbons (Fsp3) is 0.429. The highest BCUT2D eigenvalue weighted by atomic mass is 32.2. The topological polar surface area (TPSA) is 104 Å². The molecule has 10 heteroatoms. The lowest BCUT2D eigenvalue weighted by Crippen LogP contribution is -2.38. The minimum Gasteiger partial charge on any atom is -0.491 e. The van der Waals surface area contributed by atoms with Crippen LogP contribution >= 0.6 is 0 Å². The van der Waals surface area contributed by atoms with E-state index >= 15 is 0 Å². The highest BCUT2D eigenvalue weighted by molar-refractivity contribution is 7.89. The molecular weight excluding hydrogens is 504 g/mol. The average molecular weight is 539 g/mol. The Morgan fingerprint density at radius 3 is 2.61 bits per heavy atom. The number of sulfonamides is 1. The first-order valence-corrected chi connectivity index (χ1v) is 14.2. The quantitative estimate of drug-likeness (QED) is 0.464. The van der Waals surface area contributed by atoms with Gasteiger partial charge >= 0.3 is 0 Å². The highest BCUT2D eigenvalue weighted by Crippen LogP contribution is 2.46. The van der Waals surface area contributed by atoms with Gasteiger partial charge in [0.1, 0.15) is 17.3 Å². The molecule has 0 unspecified atom stereocenters. The Labute approximate surface area is 223 Å². The number of aliphatic imine (C=N–C) groups is 1. The number of rotatable bonds is 7. The smallest absolute Gasteiger partial charge is 0.246 e. The van der Waals surface area contributed by atoms with E-state index in [9.17, 15) is 13.2 Å². The average Bonchev–Trinajstić information content (AvgIpc) is 3.28. The van der Waals surface area contributed by atoms with E-state index in [-0.39, 0.29) is 16.4 Å². The van der Waals surface area contributed by atoms with Crippen LogP contribution in [0, 0.1) is 0 Å². The van der Waals surface area contributed by atoms with Gasteiger partial charge in [0.15, 0.2) is 5.78 Å². The summed E-state index contributed by atoms with van der Waals surface area (Å²) in [6.07, 6.45) is 1.76. The molecule has 1 aromatic heterocycles. The number of aromatic nitrogens is 1. The van der Waals surface area contributed by atoms with Crippen LogP contribution in [0.4, 0.5) is 0 Å². The molecule has 2 aliphatic rings. The van der Waals surface area contributed by atoms with E-state index < -0.39 is 15.4 Å². The number of morpholine rings is 1. The maximum absolute atomic E-state index is 13.9. The number of hydrogen-bond acceptors (Lipinski definition) is 7. The van der Waals surface area contributed by atoms with E-state index in [4.69, 9.17) is 9.47 Å². The van der Waals surface area contributed by atoms with Crippen LogP contribution in [0.15, 0.2) is 40.2 Å². The zero-order chi connectivity index (χ0) is 27.2. The van der Waals surface area contributed by atoms with Gasteiger partial charge in [-0.25, -0.2) is 12.7 Å². The molecule has 202 valence electrons. The molecule has 0 bridgehead atoms. The zero-order valence-electron chi connectivity index (χ0n) is 22.5. The summed E-state index contributed by atoms with van der Waals surface area (Å²) in [5, 5.41) is 0.805. The van der Waals surface area contributed by atoms with Crippen LogP contribution < -0.4 is 4.74 Å². The highest BCUT2D eigenvalue weighted by Gasteiger charge is 2.41. The summed E-state index contributed by atoms with van der Waals surface area (Å²) in [4.78, 5) is 23.7. The first-order chi connectivity index (χ1) is 18.1. The van der Waals surface area contributed by atoms with Gasteiger partial charge in [0.2, 0.25) is 10.0 Å². The number of benzene rings is 2. The van der Waals surface area contributed by atoms with Crippen molar-refractivity contribution in [1.29, 1.82) is 0 Å². The molecule has 1 saturated heterocycles. The van der Waals surface area contributed by atoms with E-state index in [2.05, 4.69) is 14.9 Å². The van der Waals surface area contributed by atoms with E-state index in [1.165, 1.54) is 20.2 Å². The third kappa shape index (κ3) is 4.45. The van der Waals surface area contributed by atoms with Crippen LogP contribution in [0.1, 0.15) is 46.6 Å². The maximum atomic E-state index is 13.9. The Hall–Kier alpha value is -3.05. The Morgan fingerprint density at radius 1 is 1.18 bits per heavy atom. The number of carbonyl (C=O) groups is 1. The van der Waals surface area contributed by atoms with Gasteiger partial charge < -0.3 is 14.5 Å². The minimum absolute atomic E-state index is 0.00267. The normalized spacial score (nSPS) is 17.8. The van der Waals surface area contributed by atoms with Gasteiger partial charge in [-0.2, -0.15) is 0 Å². The fourth-order valence-corrected chi connectivity index (χ4v) is 6.34. The van der Waals surface area contributed by atoms with Crippen molar-refractivity contribution in [3.63, 3.8) is 0 Å². The predicted octanol–water partition coefficient (Wildman–Crippen LogP) is 3.05. The van der Waals surface area contributed by atoms with E-state index in [1.807, 2.05) is 32.0 Å². The molecule has 2 aromatic carbocycles. The summed E-state index contributed by atoms with van der Waals surface area (Å²) in [5.74, 6) is 0.0557. The van der Waals surface area contributed by atoms with Crippen molar-refractivity contribution >= 4 is 32.9 Å². The molecule has 1 aliphatic carbocycles. The third-order valence-electron chi connectivity index (χ3n) is 7.48. The number of carbonyl (C=O) groups excluding carboxylic acids is 1. The van der Waals surface area contributed by atoms with Crippen molar-refractivity contribution in [3.8, 4) is 5.75 Å². The molecule has 1 aliphatic heterocycles. The second-order valence-corrected chi connectivity index (χ2v) is 12.6. The molecule has 9 nitrogen and oxygen atoms in total. The van der Waals surface area contributed by atoms with Gasteiger partial charge in [0.25, 0.3) is 0 Å². The Morgan fingerprint density at radius 2 is 1.92 bits per heavy atom. The number of fused-ring (bicyclic) bond motifs is 4. The van der Waals surface area contributed by atoms with Crippen LogP contribution in [0.3, 0.4) is 0 Å². The van der Waals surface area contributed by atoms with Gasteiger partial charge in [0, 0.05) is 74.6 Å². The standard InChI is InChI=1S/C28H34N4O5S/c1-28(2)21-16-23(37-13-10-32-8-11-36-12-9-32)24(38(34,35)31(4)5)15-20(21)26(33)25-19-7-6-18(17-29-3)14-22(19)30-27(25)28/h6-7,14-17,30H,8-13H2,1-5H3/b29-17+. The number of H-pyrrole nitrogens is 1. The zero-order valence-corrected chi connectivity index (χ0v) is 23.3. The van der Waals surface area contributed by atoms with E-state index in [0.29, 0.717) is 37.5 Å². The molecule has 0 amide bonds. The van der Waals surface area contributed by atoms with Gasteiger partial charge in [-0.15, -0.1) is 0 Å². The predicted molar refractivity (Wildman–Crippen MR) is 147 cm³/mol. The molecule has 1 N–H and O–H groups in total. The first kappa shape index (κ1) is 26.6. The number of hydrogen-bond donors (Lipinski definition) is 1. The summed E-state index contributed by atoms with van der Waals surface area (Å²) in [5.41, 5.74) is 3.66. The lowest BCUT2D eigenvalue weighted by molar-refractivity contribution is 0.0321. The molecule has 2 heterocycles. The third-order valence-corrected chi connectivity index (χ3v) is 9.32. The summed E-state index contributed by atoms with van der Waals surface area (Å²) in [7, 11) is 0.799. The molecule has 0 saturated carbocycles. The molecule has 0 atom stereocenters. The summed E-state index contributed by atoms with van der Waals surface area (Å²) >= 11 is 0. The Kier molecular flexibility index (Phi) is 6.93. The van der Waals surface area contributed by atoms with E-state index in [0.717, 1.165) is 45.1 Å². The molecule has 0 spiro atoms. The van der Waals surface area contributed by atoms with Crippen LogP contribution in [0.5, 0.6) is 5.75 Å². The van der Waals surface area contributed by atoms with Crippen LogP contribution in [-0.4, -0.2) is 95.2 Å². The molecule has 3 aromatic rings. The number of nitrogens with one attached hydrogen (secondary N) is 1. The SMILES string of the molecule is C/N=C/c1ccc2c3c([nH]c2c1)C(C)(C)c1cc(OCCN2CCOCC2)c(S(=O)(=O)N(C)C)cc1C3=O. The number of aromatic amines is 1. The molecule has 5 rings (SSSR count). The summed E-state index contributed by atoms with van der Waals surface area (Å²) < 4.78 is 39.4. The second-order valence-electron chi connectivity index (χ2n) is 10.5. The second kappa shape index (κ2) is 9.92.